The molecule has 3 nitrogen and oxygen atoms in total. The first-order valence-corrected chi connectivity index (χ1v) is 6.26. The number of hydrogen-bond donors (Lipinski definition) is 0. The van der Waals surface area contributed by atoms with Crippen LogP contribution in [0.3, 0.4) is 0 Å². The average Bonchev–Trinajstić information content (AvgIpc) is 2.63. The van der Waals surface area contributed by atoms with Gasteiger partial charge in [0.25, 0.3) is 5.91 Å². The molecule has 1 saturated heterocycles. The average molecular weight is 224 g/mol. The number of carbonyl (C=O) groups excluding carboxylic acids is 1. The normalized spacial score (nSPS) is 21.7. The van der Waals surface area contributed by atoms with E-state index >= 15 is 0 Å². The molecule has 1 fully saturated rings. The number of nitrogens with zero attached hydrogens (tertiary/aromatic N) is 2. The monoisotopic (exact) mass is 224 g/mol. The number of aryl methyl sites for hydroxylation is 1. The van der Waals surface area contributed by atoms with Crippen molar-refractivity contribution in [3.8, 4) is 0 Å². The van der Waals surface area contributed by atoms with Crippen LogP contribution in [-0.2, 0) is 0 Å². The van der Waals surface area contributed by atoms with E-state index in [0.29, 0.717) is 5.92 Å². The lowest BCUT2D eigenvalue weighted by molar-refractivity contribution is 0.0687. The number of rotatable bonds is 1. The van der Waals surface area contributed by atoms with Gasteiger partial charge in [-0.25, -0.2) is 4.98 Å². The summed E-state index contributed by atoms with van der Waals surface area (Å²) in [6.45, 7) is 5.91. The fourth-order valence-corrected chi connectivity index (χ4v) is 2.79. The van der Waals surface area contributed by atoms with Gasteiger partial charge in [-0.05, 0) is 25.7 Å². The van der Waals surface area contributed by atoms with Crippen molar-refractivity contribution in [2.45, 2.75) is 26.7 Å². The second-order valence-corrected chi connectivity index (χ2v) is 5.12. The van der Waals surface area contributed by atoms with Gasteiger partial charge in [-0.2, -0.15) is 0 Å². The molecular weight excluding hydrogens is 208 g/mol. The number of amides is 1. The molecule has 0 spiro atoms. The molecular formula is C11H16N2OS. The third kappa shape index (κ3) is 2.20. The van der Waals surface area contributed by atoms with Crippen molar-refractivity contribution in [2.75, 3.05) is 13.1 Å². The van der Waals surface area contributed by atoms with Crippen LogP contribution < -0.4 is 0 Å². The Morgan fingerprint density at radius 2 is 2.47 bits per heavy atom. The van der Waals surface area contributed by atoms with Crippen LogP contribution in [0, 0.1) is 12.8 Å². The van der Waals surface area contributed by atoms with Gasteiger partial charge in [-0.15, -0.1) is 11.3 Å². The number of aromatic nitrogens is 1. The van der Waals surface area contributed by atoms with Gasteiger partial charge in [0.05, 0.1) is 11.2 Å². The standard InChI is InChI=1S/C11H16N2OS/c1-8-4-3-5-13(6-8)11(14)10-9(2)12-7-15-10/h7-8H,3-6H2,1-2H3. The molecule has 4 heteroatoms. The molecule has 0 bridgehead atoms. The molecule has 0 saturated carbocycles. The number of thiazole rings is 1. The first-order chi connectivity index (χ1) is 7.18. The van der Waals surface area contributed by atoms with E-state index in [-0.39, 0.29) is 5.91 Å². The Morgan fingerprint density at radius 3 is 3.07 bits per heavy atom. The third-order valence-electron chi connectivity index (χ3n) is 2.88. The molecule has 82 valence electrons. The third-order valence-corrected chi connectivity index (χ3v) is 3.80. The van der Waals surface area contributed by atoms with E-state index in [1.54, 1.807) is 5.51 Å². The van der Waals surface area contributed by atoms with E-state index in [1.807, 2.05) is 11.8 Å². The maximum atomic E-state index is 12.1. The lowest BCUT2D eigenvalue weighted by Gasteiger charge is -2.30. The van der Waals surface area contributed by atoms with Crippen LogP contribution in [0.1, 0.15) is 35.1 Å². The molecule has 2 rings (SSSR count). The summed E-state index contributed by atoms with van der Waals surface area (Å²) in [7, 11) is 0. The van der Waals surface area contributed by atoms with Crippen LogP contribution in [0.25, 0.3) is 0 Å². The van der Waals surface area contributed by atoms with Gasteiger partial charge in [0.1, 0.15) is 4.88 Å². The minimum absolute atomic E-state index is 0.168. The second-order valence-electron chi connectivity index (χ2n) is 4.27. The van der Waals surface area contributed by atoms with Crippen molar-refractivity contribution in [2.24, 2.45) is 5.92 Å². The first-order valence-electron chi connectivity index (χ1n) is 5.38. The van der Waals surface area contributed by atoms with E-state index in [9.17, 15) is 4.79 Å². The number of likely N-dealkylation sites (tertiary alicyclic amines) is 1. The fourth-order valence-electron chi connectivity index (χ4n) is 2.02. The highest BCUT2D eigenvalue weighted by Crippen LogP contribution is 2.20. The van der Waals surface area contributed by atoms with Crippen LogP contribution in [0.2, 0.25) is 0 Å². The molecule has 0 aliphatic carbocycles. The van der Waals surface area contributed by atoms with E-state index in [1.165, 1.54) is 17.8 Å². The molecule has 1 amide bonds. The molecule has 1 atom stereocenters. The predicted molar refractivity (Wildman–Crippen MR) is 61.2 cm³/mol. The summed E-state index contributed by atoms with van der Waals surface area (Å²) in [5.74, 6) is 0.803. The summed E-state index contributed by atoms with van der Waals surface area (Å²) < 4.78 is 0. The zero-order chi connectivity index (χ0) is 10.8. The number of hydrogen-bond acceptors (Lipinski definition) is 3. The van der Waals surface area contributed by atoms with E-state index < -0.39 is 0 Å². The highest BCUT2D eigenvalue weighted by atomic mass is 32.1. The van der Waals surface area contributed by atoms with Crippen LogP contribution in [0.5, 0.6) is 0 Å². The quantitative estimate of drug-likeness (QED) is 0.733. The minimum Gasteiger partial charge on any atom is -0.338 e. The van der Waals surface area contributed by atoms with Crippen molar-refractivity contribution in [1.29, 1.82) is 0 Å². The highest BCUT2D eigenvalue weighted by molar-refractivity contribution is 7.11. The topological polar surface area (TPSA) is 33.2 Å². The first kappa shape index (κ1) is 10.6. The highest BCUT2D eigenvalue weighted by Gasteiger charge is 2.24. The molecule has 1 unspecified atom stereocenters. The van der Waals surface area contributed by atoms with Crippen molar-refractivity contribution in [1.82, 2.24) is 9.88 Å². The van der Waals surface area contributed by atoms with Crippen LogP contribution >= 0.6 is 11.3 Å². The zero-order valence-electron chi connectivity index (χ0n) is 9.19. The summed E-state index contributed by atoms with van der Waals surface area (Å²) in [4.78, 5) is 19.0. The largest absolute Gasteiger partial charge is 0.338 e. The van der Waals surface area contributed by atoms with E-state index in [2.05, 4.69) is 11.9 Å². The Morgan fingerprint density at radius 1 is 1.67 bits per heavy atom. The van der Waals surface area contributed by atoms with Gasteiger partial charge in [0, 0.05) is 13.1 Å². The molecule has 0 N–H and O–H groups in total. The van der Waals surface area contributed by atoms with Gasteiger partial charge in [0.2, 0.25) is 0 Å². The Bertz CT molecular complexity index is 361. The Kier molecular flexibility index (Phi) is 3.05. The predicted octanol–water partition coefficient (Wildman–Crippen LogP) is 2.32. The van der Waals surface area contributed by atoms with Crippen LogP contribution in [0.15, 0.2) is 5.51 Å². The van der Waals surface area contributed by atoms with Crippen molar-refractivity contribution >= 4 is 17.2 Å². The van der Waals surface area contributed by atoms with Gasteiger partial charge >= 0.3 is 0 Å². The molecule has 1 aliphatic rings. The van der Waals surface area contributed by atoms with Gasteiger partial charge in [-0.3, -0.25) is 4.79 Å². The number of piperidine rings is 1. The van der Waals surface area contributed by atoms with Crippen LogP contribution in [-0.4, -0.2) is 28.9 Å². The zero-order valence-corrected chi connectivity index (χ0v) is 10.0. The second kappa shape index (κ2) is 4.31. The van der Waals surface area contributed by atoms with Gasteiger partial charge < -0.3 is 4.90 Å². The molecule has 1 aliphatic heterocycles. The van der Waals surface area contributed by atoms with Crippen molar-refractivity contribution in [3.63, 3.8) is 0 Å². The minimum atomic E-state index is 0.168. The van der Waals surface area contributed by atoms with Gasteiger partial charge in [-0.1, -0.05) is 6.92 Å². The maximum absolute atomic E-state index is 12.1. The summed E-state index contributed by atoms with van der Waals surface area (Å²) in [5.41, 5.74) is 2.61. The fraction of sp³-hybridized carbons (Fsp3) is 0.636. The Balaban J connectivity index is 2.11. The molecule has 2 heterocycles. The summed E-state index contributed by atoms with van der Waals surface area (Å²) in [6, 6.07) is 0. The van der Waals surface area contributed by atoms with E-state index in [4.69, 9.17) is 0 Å². The smallest absolute Gasteiger partial charge is 0.265 e. The Labute approximate surface area is 94.1 Å². The summed E-state index contributed by atoms with van der Waals surface area (Å²) >= 11 is 1.45. The molecule has 15 heavy (non-hydrogen) atoms. The Hall–Kier alpha value is -0.900. The van der Waals surface area contributed by atoms with Gasteiger partial charge in [0.15, 0.2) is 0 Å². The lowest BCUT2D eigenvalue weighted by Crippen LogP contribution is -2.39. The van der Waals surface area contributed by atoms with Crippen molar-refractivity contribution < 1.29 is 4.79 Å². The van der Waals surface area contributed by atoms with Crippen molar-refractivity contribution in [3.05, 3.63) is 16.1 Å². The van der Waals surface area contributed by atoms with E-state index in [0.717, 1.165) is 30.1 Å². The van der Waals surface area contributed by atoms with Crippen LogP contribution in [0.4, 0.5) is 0 Å². The summed E-state index contributed by atoms with van der Waals surface area (Å²) in [6.07, 6.45) is 2.37. The number of carbonyl (C=O) groups is 1. The SMILES string of the molecule is Cc1ncsc1C(=O)N1CCCC(C)C1. The molecule has 0 aromatic carbocycles. The molecule has 1 aromatic heterocycles. The summed E-state index contributed by atoms with van der Waals surface area (Å²) in [5, 5.41) is 0. The maximum Gasteiger partial charge on any atom is 0.265 e. The molecule has 0 radical (unpaired) electrons. The molecule has 1 aromatic rings. The lowest BCUT2D eigenvalue weighted by atomic mass is 10.0.